The van der Waals surface area contributed by atoms with E-state index in [4.69, 9.17) is 5.73 Å². The minimum absolute atomic E-state index is 0.144. The monoisotopic (exact) mass is 307 g/mol. The van der Waals surface area contributed by atoms with E-state index in [1.165, 1.54) is 11.3 Å². The molecule has 1 amide bonds. The molecular formula is C14H17N3O3S. The lowest BCUT2D eigenvalue weighted by Crippen LogP contribution is -2.45. The van der Waals surface area contributed by atoms with Crippen molar-refractivity contribution < 1.29 is 14.7 Å². The Balaban J connectivity index is 2.22. The summed E-state index contributed by atoms with van der Waals surface area (Å²) in [5.74, 6) is -1.58. The van der Waals surface area contributed by atoms with Crippen LogP contribution >= 0.6 is 11.3 Å². The Hall–Kier alpha value is -2.15. The zero-order valence-corrected chi connectivity index (χ0v) is 12.6. The maximum Gasteiger partial charge on any atom is 0.326 e. The average molecular weight is 307 g/mol. The maximum atomic E-state index is 12.2. The van der Waals surface area contributed by atoms with Crippen LogP contribution in [-0.4, -0.2) is 28.0 Å². The quantitative estimate of drug-likeness (QED) is 0.784. The fourth-order valence-electron chi connectivity index (χ4n) is 1.99. The molecule has 0 spiro atoms. The normalized spacial score (nSPS) is 13.8. The molecule has 0 fully saturated rings. The van der Waals surface area contributed by atoms with Gasteiger partial charge in [0, 0.05) is 5.56 Å². The maximum absolute atomic E-state index is 12.2. The smallest absolute Gasteiger partial charge is 0.326 e. The summed E-state index contributed by atoms with van der Waals surface area (Å²) in [5.41, 5.74) is 6.76. The van der Waals surface area contributed by atoms with Gasteiger partial charge in [-0.1, -0.05) is 31.6 Å². The van der Waals surface area contributed by atoms with Gasteiger partial charge in [0.05, 0.1) is 10.2 Å². The van der Waals surface area contributed by atoms with Crippen molar-refractivity contribution in [1.29, 1.82) is 0 Å². The van der Waals surface area contributed by atoms with Gasteiger partial charge in [0.15, 0.2) is 5.13 Å². The zero-order chi connectivity index (χ0) is 15.6. The van der Waals surface area contributed by atoms with Crippen LogP contribution in [0.1, 0.15) is 30.6 Å². The molecule has 0 aliphatic carbocycles. The second-order valence-electron chi connectivity index (χ2n) is 4.91. The Morgan fingerprint density at radius 2 is 2.19 bits per heavy atom. The number of rotatable bonds is 5. The topological polar surface area (TPSA) is 105 Å². The van der Waals surface area contributed by atoms with Gasteiger partial charge in [-0.2, -0.15) is 0 Å². The summed E-state index contributed by atoms with van der Waals surface area (Å²) in [5, 5.41) is 12.2. The van der Waals surface area contributed by atoms with Gasteiger partial charge in [0.2, 0.25) is 0 Å². The third-order valence-corrected chi connectivity index (χ3v) is 4.28. The number of hydrogen-bond acceptors (Lipinski definition) is 5. The number of carboxylic acid groups (broad SMARTS) is 1. The van der Waals surface area contributed by atoms with Crippen LogP contribution in [0.25, 0.3) is 10.2 Å². The van der Waals surface area contributed by atoms with E-state index in [1.54, 1.807) is 25.1 Å². The number of fused-ring (bicyclic) bond motifs is 1. The standard InChI is InChI=1S/C14H17N3O3S/c1-3-7(2)11(13(19)20)17-12(18)8-4-5-9-10(6-8)21-14(15)16-9/h4-7,11H,3H2,1-2H3,(H2,15,16)(H,17,18)(H,19,20). The van der Waals surface area contributed by atoms with E-state index in [-0.39, 0.29) is 5.92 Å². The Labute approximate surface area is 126 Å². The van der Waals surface area contributed by atoms with E-state index in [0.717, 1.165) is 10.2 Å². The molecule has 1 aromatic heterocycles. The summed E-state index contributed by atoms with van der Waals surface area (Å²) in [6, 6.07) is 4.10. The SMILES string of the molecule is CCC(C)C(NC(=O)c1ccc2nc(N)sc2c1)C(=O)O. The summed E-state index contributed by atoms with van der Waals surface area (Å²) in [6.45, 7) is 3.69. The molecule has 0 aliphatic heterocycles. The fourth-order valence-corrected chi connectivity index (χ4v) is 2.76. The van der Waals surface area contributed by atoms with Crippen LogP contribution in [0.3, 0.4) is 0 Å². The number of hydrogen-bond donors (Lipinski definition) is 3. The van der Waals surface area contributed by atoms with Crippen LogP contribution < -0.4 is 11.1 Å². The largest absolute Gasteiger partial charge is 0.480 e. The van der Waals surface area contributed by atoms with E-state index in [2.05, 4.69) is 10.3 Å². The number of nitrogen functional groups attached to an aromatic ring is 1. The number of benzene rings is 1. The highest BCUT2D eigenvalue weighted by molar-refractivity contribution is 7.22. The molecule has 2 atom stereocenters. The first-order valence-electron chi connectivity index (χ1n) is 6.62. The van der Waals surface area contributed by atoms with Crippen molar-refractivity contribution in [3.05, 3.63) is 23.8 Å². The molecule has 0 saturated carbocycles. The second-order valence-corrected chi connectivity index (χ2v) is 5.97. The molecule has 21 heavy (non-hydrogen) atoms. The van der Waals surface area contributed by atoms with Crippen LogP contribution in [0.5, 0.6) is 0 Å². The highest BCUT2D eigenvalue weighted by Gasteiger charge is 2.25. The van der Waals surface area contributed by atoms with Crippen LogP contribution in [0.2, 0.25) is 0 Å². The molecular weight excluding hydrogens is 290 g/mol. The second kappa shape index (κ2) is 6.09. The number of anilines is 1. The fraction of sp³-hybridized carbons (Fsp3) is 0.357. The lowest BCUT2D eigenvalue weighted by atomic mass is 9.99. The Bertz CT molecular complexity index is 683. The molecule has 112 valence electrons. The third kappa shape index (κ3) is 3.30. The minimum atomic E-state index is -1.03. The van der Waals surface area contributed by atoms with Gasteiger partial charge in [-0.3, -0.25) is 4.79 Å². The van der Waals surface area contributed by atoms with E-state index in [0.29, 0.717) is 17.1 Å². The van der Waals surface area contributed by atoms with Crippen LogP contribution in [0.15, 0.2) is 18.2 Å². The summed E-state index contributed by atoms with van der Waals surface area (Å²) in [7, 11) is 0. The van der Waals surface area contributed by atoms with Gasteiger partial charge in [-0.25, -0.2) is 9.78 Å². The molecule has 7 heteroatoms. The number of carboxylic acids is 1. The number of aliphatic carboxylic acids is 1. The van der Waals surface area contributed by atoms with Crippen molar-refractivity contribution in [2.45, 2.75) is 26.3 Å². The summed E-state index contributed by atoms with van der Waals surface area (Å²) in [6.07, 6.45) is 0.668. The van der Waals surface area contributed by atoms with Crippen LogP contribution in [0, 0.1) is 5.92 Å². The van der Waals surface area contributed by atoms with Crippen LogP contribution in [-0.2, 0) is 4.79 Å². The van der Waals surface area contributed by atoms with Gasteiger partial charge in [0.1, 0.15) is 6.04 Å². The van der Waals surface area contributed by atoms with Gasteiger partial charge < -0.3 is 16.2 Å². The first-order chi connectivity index (χ1) is 9.92. The zero-order valence-electron chi connectivity index (χ0n) is 11.8. The van der Waals surface area contributed by atoms with Gasteiger partial charge in [-0.05, 0) is 24.1 Å². The minimum Gasteiger partial charge on any atom is -0.480 e. The number of thiazole rings is 1. The van der Waals surface area contributed by atoms with E-state index in [9.17, 15) is 14.7 Å². The number of carbonyl (C=O) groups is 2. The number of nitrogens with zero attached hydrogens (tertiary/aromatic N) is 1. The number of amides is 1. The van der Waals surface area contributed by atoms with Gasteiger partial charge >= 0.3 is 5.97 Å². The van der Waals surface area contributed by atoms with Crippen molar-refractivity contribution in [1.82, 2.24) is 10.3 Å². The molecule has 2 rings (SSSR count). The van der Waals surface area contributed by atoms with E-state index in [1.807, 2.05) is 6.92 Å². The Kier molecular flexibility index (Phi) is 4.42. The van der Waals surface area contributed by atoms with Crippen molar-refractivity contribution >= 4 is 38.6 Å². The summed E-state index contributed by atoms with van der Waals surface area (Å²) < 4.78 is 0.801. The summed E-state index contributed by atoms with van der Waals surface area (Å²) >= 11 is 1.29. The van der Waals surface area contributed by atoms with Crippen molar-refractivity contribution in [3.8, 4) is 0 Å². The molecule has 0 aliphatic rings. The summed E-state index contributed by atoms with van der Waals surface area (Å²) in [4.78, 5) is 27.6. The van der Waals surface area contributed by atoms with E-state index >= 15 is 0 Å². The van der Waals surface area contributed by atoms with Crippen molar-refractivity contribution in [3.63, 3.8) is 0 Å². The predicted octanol–water partition coefficient (Wildman–Crippen LogP) is 2.11. The highest BCUT2D eigenvalue weighted by Crippen LogP contribution is 2.24. The first kappa shape index (κ1) is 15.2. The molecule has 4 N–H and O–H groups in total. The van der Waals surface area contributed by atoms with Crippen molar-refractivity contribution in [2.24, 2.45) is 5.92 Å². The number of nitrogens with two attached hydrogens (primary N) is 1. The Morgan fingerprint density at radius 3 is 2.81 bits per heavy atom. The average Bonchev–Trinajstić information content (AvgIpc) is 2.82. The lowest BCUT2D eigenvalue weighted by Gasteiger charge is -2.20. The molecule has 0 bridgehead atoms. The molecule has 2 unspecified atom stereocenters. The molecule has 2 aromatic rings. The molecule has 6 nitrogen and oxygen atoms in total. The van der Waals surface area contributed by atoms with Gasteiger partial charge in [-0.15, -0.1) is 0 Å². The first-order valence-corrected chi connectivity index (χ1v) is 7.43. The van der Waals surface area contributed by atoms with Crippen molar-refractivity contribution in [2.75, 3.05) is 5.73 Å². The van der Waals surface area contributed by atoms with Crippen LogP contribution in [0.4, 0.5) is 5.13 Å². The molecule has 1 heterocycles. The third-order valence-electron chi connectivity index (χ3n) is 3.43. The number of nitrogens with one attached hydrogen (secondary N) is 1. The molecule has 0 radical (unpaired) electrons. The predicted molar refractivity (Wildman–Crippen MR) is 82.4 cm³/mol. The van der Waals surface area contributed by atoms with Gasteiger partial charge in [0.25, 0.3) is 5.91 Å². The van der Waals surface area contributed by atoms with E-state index < -0.39 is 17.9 Å². The number of carbonyl (C=O) groups excluding carboxylic acids is 1. The molecule has 0 saturated heterocycles. The molecule has 1 aromatic carbocycles. The highest BCUT2D eigenvalue weighted by atomic mass is 32.1. The Morgan fingerprint density at radius 1 is 1.48 bits per heavy atom. The lowest BCUT2D eigenvalue weighted by molar-refractivity contribution is -0.140. The number of aromatic nitrogens is 1.